The lowest BCUT2D eigenvalue weighted by Gasteiger charge is -2.37. The molecule has 1 aliphatic heterocycles. The van der Waals surface area contributed by atoms with E-state index in [-0.39, 0.29) is 18.1 Å². The van der Waals surface area contributed by atoms with Crippen LogP contribution in [0.25, 0.3) is 0 Å². The molecule has 1 saturated heterocycles. The molecule has 2 N–H and O–H groups in total. The summed E-state index contributed by atoms with van der Waals surface area (Å²) in [6.45, 7) is 1.64. The van der Waals surface area contributed by atoms with Gasteiger partial charge in [-0.25, -0.2) is 0 Å². The van der Waals surface area contributed by atoms with Crippen LogP contribution in [0.15, 0.2) is 24.3 Å². The van der Waals surface area contributed by atoms with Gasteiger partial charge in [-0.3, -0.25) is 4.79 Å². The molecular formula is C17H20N2O2. The summed E-state index contributed by atoms with van der Waals surface area (Å²) in [6.07, 6.45) is 3.48. The van der Waals surface area contributed by atoms with Gasteiger partial charge in [-0.15, -0.1) is 0 Å². The first-order chi connectivity index (χ1) is 10.3. The maximum Gasteiger partial charge on any atom is 0.254 e. The van der Waals surface area contributed by atoms with Gasteiger partial charge < -0.3 is 15.4 Å². The first-order valence-electron chi connectivity index (χ1n) is 7.51. The lowest BCUT2D eigenvalue weighted by molar-refractivity contribution is -0.0445. The summed E-state index contributed by atoms with van der Waals surface area (Å²) in [5.74, 6) is 5.89. The average Bonchev–Trinajstić information content (AvgIpc) is 3.01. The molecule has 1 heterocycles. The molecule has 0 bridgehead atoms. The molecule has 2 aliphatic rings. The third-order valence-corrected chi connectivity index (χ3v) is 4.19. The van der Waals surface area contributed by atoms with Crippen LogP contribution in [-0.4, -0.2) is 42.6 Å². The molecule has 1 aromatic carbocycles. The molecule has 110 valence electrons. The van der Waals surface area contributed by atoms with Gasteiger partial charge in [0.15, 0.2) is 0 Å². The van der Waals surface area contributed by atoms with Crippen molar-refractivity contribution in [2.75, 3.05) is 19.7 Å². The van der Waals surface area contributed by atoms with Gasteiger partial charge in [-0.1, -0.05) is 17.9 Å². The largest absolute Gasteiger partial charge is 0.374 e. The number of fused-ring (bicyclic) bond motifs is 1. The fourth-order valence-electron chi connectivity index (χ4n) is 3.23. The Morgan fingerprint density at radius 1 is 1.43 bits per heavy atom. The van der Waals surface area contributed by atoms with Crippen LogP contribution in [0.2, 0.25) is 0 Å². The van der Waals surface area contributed by atoms with Crippen molar-refractivity contribution in [1.29, 1.82) is 0 Å². The van der Waals surface area contributed by atoms with Crippen molar-refractivity contribution in [3.05, 3.63) is 35.4 Å². The number of hydrogen-bond donors (Lipinski definition) is 1. The van der Waals surface area contributed by atoms with Crippen molar-refractivity contribution in [3.63, 3.8) is 0 Å². The molecule has 0 radical (unpaired) electrons. The smallest absolute Gasteiger partial charge is 0.254 e. The fraction of sp³-hybridized carbons (Fsp3) is 0.471. The number of carbonyl (C=O) groups is 1. The van der Waals surface area contributed by atoms with Gasteiger partial charge in [0.1, 0.15) is 0 Å². The third kappa shape index (κ3) is 2.94. The van der Waals surface area contributed by atoms with Gasteiger partial charge in [0, 0.05) is 17.7 Å². The summed E-state index contributed by atoms with van der Waals surface area (Å²) in [5, 5.41) is 0. The van der Waals surface area contributed by atoms with Crippen molar-refractivity contribution in [2.45, 2.75) is 31.4 Å². The Bertz CT molecular complexity index is 588. The molecule has 2 unspecified atom stereocenters. The van der Waals surface area contributed by atoms with E-state index in [9.17, 15) is 4.79 Å². The minimum Gasteiger partial charge on any atom is -0.374 e. The Hall–Kier alpha value is -1.83. The van der Waals surface area contributed by atoms with Crippen LogP contribution in [0.1, 0.15) is 35.2 Å². The maximum absolute atomic E-state index is 12.8. The van der Waals surface area contributed by atoms with Crippen LogP contribution < -0.4 is 5.73 Å². The SMILES string of the molecule is NCC#Cc1cccc(C(=O)N2CCOC3CCCC32)c1. The van der Waals surface area contributed by atoms with E-state index in [0.717, 1.165) is 24.8 Å². The zero-order valence-corrected chi connectivity index (χ0v) is 12.0. The molecule has 21 heavy (non-hydrogen) atoms. The number of hydrogen-bond acceptors (Lipinski definition) is 3. The highest BCUT2D eigenvalue weighted by Gasteiger charge is 2.38. The monoisotopic (exact) mass is 284 g/mol. The van der Waals surface area contributed by atoms with Crippen LogP contribution in [0.5, 0.6) is 0 Å². The van der Waals surface area contributed by atoms with Gasteiger partial charge in [-0.05, 0) is 37.5 Å². The first kappa shape index (κ1) is 14.1. The summed E-state index contributed by atoms with van der Waals surface area (Å²) >= 11 is 0. The molecular weight excluding hydrogens is 264 g/mol. The highest BCUT2D eigenvalue weighted by atomic mass is 16.5. The van der Waals surface area contributed by atoms with Gasteiger partial charge in [0.25, 0.3) is 5.91 Å². The second-order valence-electron chi connectivity index (χ2n) is 5.49. The second kappa shape index (κ2) is 6.30. The van der Waals surface area contributed by atoms with Crippen LogP contribution in [0.3, 0.4) is 0 Å². The highest BCUT2D eigenvalue weighted by Crippen LogP contribution is 2.30. The Balaban J connectivity index is 1.81. The molecule has 4 heteroatoms. The minimum atomic E-state index is 0.0894. The van der Waals surface area contributed by atoms with Crippen LogP contribution in [0.4, 0.5) is 0 Å². The number of carbonyl (C=O) groups excluding carboxylic acids is 1. The quantitative estimate of drug-likeness (QED) is 0.793. The summed E-state index contributed by atoms with van der Waals surface area (Å²) in [4.78, 5) is 14.7. The second-order valence-corrected chi connectivity index (χ2v) is 5.49. The Morgan fingerprint density at radius 2 is 2.33 bits per heavy atom. The number of benzene rings is 1. The summed E-state index contributed by atoms with van der Waals surface area (Å²) in [7, 11) is 0. The number of amides is 1. The predicted molar refractivity (Wildman–Crippen MR) is 80.8 cm³/mol. The van der Waals surface area contributed by atoms with Crippen molar-refractivity contribution in [1.82, 2.24) is 4.90 Å². The Morgan fingerprint density at radius 3 is 3.19 bits per heavy atom. The molecule has 1 aromatic rings. The van der Waals surface area contributed by atoms with Crippen molar-refractivity contribution < 1.29 is 9.53 Å². The van der Waals surface area contributed by atoms with Gasteiger partial charge in [0.2, 0.25) is 0 Å². The first-order valence-corrected chi connectivity index (χ1v) is 7.51. The molecule has 4 nitrogen and oxygen atoms in total. The van der Waals surface area contributed by atoms with E-state index in [1.54, 1.807) is 0 Å². The Labute approximate surface area is 125 Å². The van der Waals surface area contributed by atoms with Gasteiger partial charge in [0.05, 0.1) is 25.3 Å². The van der Waals surface area contributed by atoms with Crippen LogP contribution in [-0.2, 0) is 4.74 Å². The molecule has 1 amide bonds. The standard InChI is InChI=1S/C17H20N2O2/c18-9-3-5-13-4-1-6-14(12-13)17(20)19-10-11-21-16-8-2-7-15(16)19/h1,4,6,12,15-16H,2,7-11,18H2. The number of nitrogens with zero attached hydrogens (tertiary/aromatic N) is 1. The molecule has 2 fully saturated rings. The lowest BCUT2D eigenvalue weighted by atomic mass is 10.1. The molecule has 0 spiro atoms. The van der Waals surface area contributed by atoms with Crippen molar-refractivity contribution in [2.24, 2.45) is 5.73 Å². The number of rotatable bonds is 1. The zero-order chi connectivity index (χ0) is 14.7. The normalized spacial score (nSPS) is 24.1. The molecule has 0 aromatic heterocycles. The predicted octanol–water partition coefficient (Wildman–Crippen LogP) is 1.39. The van der Waals surface area contributed by atoms with E-state index in [2.05, 4.69) is 11.8 Å². The molecule has 2 atom stereocenters. The molecule has 1 saturated carbocycles. The Kier molecular flexibility index (Phi) is 4.23. The van der Waals surface area contributed by atoms with Crippen molar-refractivity contribution in [3.8, 4) is 11.8 Å². The summed E-state index contributed by atoms with van der Waals surface area (Å²) in [5.41, 5.74) is 6.92. The van der Waals surface area contributed by atoms with Crippen molar-refractivity contribution >= 4 is 5.91 Å². The fourth-order valence-corrected chi connectivity index (χ4v) is 3.23. The van der Waals surface area contributed by atoms with Crippen LogP contribution in [0, 0.1) is 11.8 Å². The summed E-state index contributed by atoms with van der Waals surface area (Å²) in [6, 6.07) is 7.72. The van der Waals surface area contributed by atoms with Gasteiger partial charge >= 0.3 is 0 Å². The number of ether oxygens (including phenoxy) is 1. The van der Waals surface area contributed by atoms with Gasteiger partial charge in [-0.2, -0.15) is 0 Å². The maximum atomic E-state index is 12.8. The van der Waals surface area contributed by atoms with E-state index < -0.39 is 0 Å². The van der Waals surface area contributed by atoms with E-state index >= 15 is 0 Å². The van der Waals surface area contributed by atoms with Crippen LogP contribution >= 0.6 is 0 Å². The third-order valence-electron chi connectivity index (χ3n) is 4.19. The minimum absolute atomic E-state index is 0.0894. The number of morpholine rings is 1. The van der Waals surface area contributed by atoms with E-state index in [1.807, 2.05) is 29.2 Å². The number of nitrogens with two attached hydrogens (primary N) is 1. The molecule has 1 aliphatic carbocycles. The zero-order valence-electron chi connectivity index (χ0n) is 12.0. The summed E-state index contributed by atoms with van der Waals surface area (Å²) < 4.78 is 5.76. The van der Waals surface area contributed by atoms with E-state index in [1.165, 1.54) is 0 Å². The average molecular weight is 284 g/mol. The van der Waals surface area contributed by atoms with E-state index in [4.69, 9.17) is 10.5 Å². The van der Waals surface area contributed by atoms with E-state index in [0.29, 0.717) is 25.3 Å². The highest BCUT2D eigenvalue weighted by molar-refractivity contribution is 5.95. The topological polar surface area (TPSA) is 55.6 Å². The molecule has 3 rings (SSSR count). The lowest BCUT2D eigenvalue weighted by Crippen LogP contribution is -2.51.